The molecule has 1 aliphatic carbocycles. The molecule has 0 spiro atoms. The van der Waals surface area contributed by atoms with Crippen LogP contribution in [-0.4, -0.2) is 10.8 Å². The molecule has 0 saturated heterocycles. The summed E-state index contributed by atoms with van der Waals surface area (Å²) in [6.07, 6.45) is 3.64. The third-order valence-electron chi connectivity index (χ3n) is 1.90. The maximum Gasteiger partial charge on any atom is 0.142 e. The molecule has 10 heavy (non-hydrogen) atoms. The fourth-order valence-electron chi connectivity index (χ4n) is 1.28. The van der Waals surface area contributed by atoms with Crippen LogP contribution in [0.2, 0.25) is 0 Å². The highest BCUT2D eigenvalue weighted by Gasteiger charge is 2.23. The first-order chi connectivity index (χ1) is 4.72. The number of carbonyl (C=O) groups excluding carboxylic acids is 1. The number of hydrogen-bond acceptors (Lipinski definition) is 2. The lowest BCUT2D eigenvalue weighted by atomic mass is 9.88. The summed E-state index contributed by atoms with van der Waals surface area (Å²) in [5.74, 6) is 0.127. The van der Waals surface area contributed by atoms with Gasteiger partial charge in [0.1, 0.15) is 5.78 Å². The number of ketones is 1. The fourth-order valence-corrected chi connectivity index (χ4v) is 1.53. The number of Topliss-reactive ketones (excluding diaryl/α,β-unsaturated/α-hetero) is 1. The largest absolute Gasteiger partial charge is 0.393 e. The topological polar surface area (TPSA) is 43.1 Å². The summed E-state index contributed by atoms with van der Waals surface area (Å²) in [4.78, 5) is 11.4. The molecule has 3 heteroatoms. The van der Waals surface area contributed by atoms with Crippen LogP contribution in [0.25, 0.3) is 0 Å². The van der Waals surface area contributed by atoms with E-state index in [1.807, 2.05) is 0 Å². The van der Waals surface area contributed by atoms with Crippen LogP contribution >= 0.6 is 12.2 Å². The summed E-state index contributed by atoms with van der Waals surface area (Å²) < 4.78 is 0. The third-order valence-corrected chi connectivity index (χ3v) is 2.18. The molecule has 1 atom stereocenters. The van der Waals surface area contributed by atoms with Crippen LogP contribution in [0.1, 0.15) is 25.7 Å². The Morgan fingerprint density at radius 3 is 2.70 bits per heavy atom. The van der Waals surface area contributed by atoms with E-state index in [0.29, 0.717) is 11.4 Å². The van der Waals surface area contributed by atoms with Crippen LogP contribution in [0.4, 0.5) is 0 Å². The lowest BCUT2D eigenvalue weighted by molar-refractivity contribution is -0.122. The van der Waals surface area contributed by atoms with E-state index in [0.717, 1.165) is 19.3 Å². The van der Waals surface area contributed by atoms with Gasteiger partial charge in [0, 0.05) is 6.42 Å². The average molecular weight is 157 g/mol. The van der Waals surface area contributed by atoms with E-state index < -0.39 is 0 Å². The Kier molecular flexibility index (Phi) is 2.38. The minimum absolute atomic E-state index is 0.108. The first-order valence-electron chi connectivity index (χ1n) is 3.54. The van der Waals surface area contributed by atoms with Gasteiger partial charge >= 0.3 is 0 Å². The molecule has 1 aliphatic rings. The molecular formula is C7H11NOS. The van der Waals surface area contributed by atoms with Crippen LogP contribution < -0.4 is 5.73 Å². The predicted molar refractivity (Wildman–Crippen MR) is 43.8 cm³/mol. The number of rotatable bonds is 1. The summed E-state index contributed by atoms with van der Waals surface area (Å²) in [7, 11) is 0. The Labute approximate surface area is 65.8 Å². The summed E-state index contributed by atoms with van der Waals surface area (Å²) in [5, 5.41) is 0. The van der Waals surface area contributed by atoms with Crippen molar-refractivity contribution in [2.24, 2.45) is 11.7 Å². The van der Waals surface area contributed by atoms with Gasteiger partial charge in [-0.05, 0) is 12.8 Å². The molecule has 0 aromatic carbocycles. The van der Waals surface area contributed by atoms with Crippen molar-refractivity contribution < 1.29 is 4.79 Å². The molecule has 2 nitrogen and oxygen atoms in total. The monoisotopic (exact) mass is 157 g/mol. The van der Waals surface area contributed by atoms with E-state index in [-0.39, 0.29) is 11.7 Å². The first-order valence-corrected chi connectivity index (χ1v) is 3.94. The van der Waals surface area contributed by atoms with Gasteiger partial charge in [0.05, 0.1) is 10.9 Å². The van der Waals surface area contributed by atoms with Gasteiger partial charge < -0.3 is 5.73 Å². The first kappa shape index (κ1) is 7.66. The maximum absolute atomic E-state index is 11.1. The SMILES string of the molecule is NC(=S)C1CCCCC1=O. The van der Waals surface area contributed by atoms with Crippen molar-refractivity contribution in [2.45, 2.75) is 25.7 Å². The Bertz CT molecular complexity index is 167. The van der Waals surface area contributed by atoms with Gasteiger partial charge in [-0.2, -0.15) is 0 Å². The van der Waals surface area contributed by atoms with Gasteiger partial charge in [-0.3, -0.25) is 4.79 Å². The third kappa shape index (κ3) is 1.53. The second kappa shape index (κ2) is 3.10. The Morgan fingerprint density at radius 1 is 1.60 bits per heavy atom. The minimum Gasteiger partial charge on any atom is -0.393 e. The second-order valence-electron chi connectivity index (χ2n) is 2.67. The minimum atomic E-state index is -0.108. The smallest absolute Gasteiger partial charge is 0.142 e. The summed E-state index contributed by atoms with van der Waals surface area (Å²) in [5.41, 5.74) is 5.37. The molecule has 1 unspecified atom stereocenters. The lowest BCUT2D eigenvalue weighted by Crippen LogP contribution is -2.30. The van der Waals surface area contributed by atoms with E-state index in [9.17, 15) is 4.79 Å². The molecule has 0 bridgehead atoms. The van der Waals surface area contributed by atoms with E-state index in [1.54, 1.807) is 0 Å². The molecule has 1 fully saturated rings. The number of nitrogens with two attached hydrogens (primary N) is 1. The van der Waals surface area contributed by atoms with Gasteiger partial charge in [0.2, 0.25) is 0 Å². The lowest BCUT2D eigenvalue weighted by Gasteiger charge is -2.18. The van der Waals surface area contributed by atoms with Gasteiger partial charge in [0.15, 0.2) is 0 Å². The van der Waals surface area contributed by atoms with Crippen LogP contribution in [-0.2, 0) is 4.79 Å². The molecule has 0 heterocycles. The highest BCUT2D eigenvalue weighted by Crippen LogP contribution is 2.20. The van der Waals surface area contributed by atoms with E-state index >= 15 is 0 Å². The van der Waals surface area contributed by atoms with Crippen molar-refractivity contribution >= 4 is 23.0 Å². The van der Waals surface area contributed by atoms with Gasteiger partial charge in [-0.25, -0.2) is 0 Å². The van der Waals surface area contributed by atoms with Gasteiger partial charge in [-0.1, -0.05) is 18.6 Å². The molecule has 0 aromatic rings. The zero-order chi connectivity index (χ0) is 7.56. The van der Waals surface area contributed by atoms with Crippen molar-refractivity contribution in [3.63, 3.8) is 0 Å². The van der Waals surface area contributed by atoms with Crippen LogP contribution in [0.3, 0.4) is 0 Å². The Hall–Kier alpha value is -0.440. The van der Waals surface area contributed by atoms with Crippen LogP contribution in [0.15, 0.2) is 0 Å². The van der Waals surface area contributed by atoms with Crippen molar-refractivity contribution in [1.29, 1.82) is 0 Å². The van der Waals surface area contributed by atoms with E-state index in [4.69, 9.17) is 18.0 Å². The zero-order valence-electron chi connectivity index (χ0n) is 5.80. The Balaban J connectivity index is 2.56. The Morgan fingerprint density at radius 2 is 2.30 bits per heavy atom. The maximum atomic E-state index is 11.1. The summed E-state index contributed by atoms with van der Waals surface area (Å²) >= 11 is 4.75. The van der Waals surface area contributed by atoms with Gasteiger partial charge in [-0.15, -0.1) is 0 Å². The number of thiocarbonyl (C=S) groups is 1. The van der Waals surface area contributed by atoms with Gasteiger partial charge in [0.25, 0.3) is 0 Å². The van der Waals surface area contributed by atoms with Crippen LogP contribution in [0.5, 0.6) is 0 Å². The standard InChI is InChI=1S/C7H11NOS/c8-7(10)5-3-1-2-4-6(5)9/h5H,1-4H2,(H2,8,10). The highest BCUT2D eigenvalue weighted by molar-refractivity contribution is 7.80. The van der Waals surface area contributed by atoms with Crippen molar-refractivity contribution in [2.75, 3.05) is 0 Å². The van der Waals surface area contributed by atoms with Crippen molar-refractivity contribution in [3.8, 4) is 0 Å². The molecule has 0 radical (unpaired) electrons. The van der Waals surface area contributed by atoms with Crippen molar-refractivity contribution in [3.05, 3.63) is 0 Å². The quantitative estimate of drug-likeness (QED) is 0.578. The molecule has 0 amide bonds. The fraction of sp³-hybridized carbons (Fsp3) is 0.714. The van der Waals surface area contributed by atoms with Crippen molar-refractivity contribution in [1.82, 2.24) is 0 Å². The zero-order valence-corrected chi connectivity index (χ0v) is 6.62. The normalized spacial score (nSPS) is 26.4. The van der Waals surface area contributed by atoms with Crippen LogP contribution in [0, 0.1) is 5.92 Å². The van der Waals surface area contributed by atoms with E-state index in [2.05, 4.69) is 0 Å². The molecule has 0 aromatic heterocycles. The summed E-state index contributed by atoms with van der Waals surface area (Å²) in [6.45, 7) is 0. The number of hydrogen-bond donors (Lipinski definition) is 1. The molecule has 1 rings (SSSR count). The molecule has 1 saturated carbocycles. The molecule has 0 aliphatic heterocycles. The molecule has 2 N–H and O–H groups in total. The predicted octanol–water partition coefficient (Wildman–Crippen LogP) is 1.03. The number of carbonyl (C=O) groups is 1. The summed E-state index contributed by atoms with van der Waals surface area (Å²) in [6, 6.07) is 0. The molecular weight excluding hydrogens is 146 g/mol. The van der Waals surface area contributed by atoms with E-state index in [1.165, 1.54) is 0 Å². The second-order valence-corrected chi connectivity index (χ2v) is 3.14. The highest BCUT2D eigenvalue weighted by atomic mass is 32.1. The average Bonchev–Trinajstić information content (AvgIpc) is 1.88. The molecule has 56 valence electrons.